The average Bonchev–Trinajstić information content (AvgIpc) is 3.28. The molecule has 29 heavy (non-hydrogen) atoms. The predicted molar refractivity (Wildman–Crippen MR) is 111 cm³/mol. The van der Waals surface area contributed by atoms with Crippen molar-refractivity contribution in [1.82, 2.24) is 5.32 Å². The Labute approximate surface area is 169 Å². The molecule has 6 heteroatoms. The molecule has 1 heterocycles. The Morgan fingerprint density at radius 3 is 2.55 bits per heavy atom. The number of nitrogens with one attached hydrogen (secondary N) is 2. The van der Waals surface area contributed by atoms with Crippen molar-refractivity contribution < 1.29 is 18.7 Å². The number of anilines is 1. The van der Waals surface area contributed by atoms with E-state index in [4.69, 9.17) is 9.15 Å². The van der Waals surface area contributed by atoms with Gasteiger partial charge in [0, 0.05) is 11.8 Å². The monoisotopic (exact) mass is 392 g/mol. The standard InChI is InChI=1S/C23H24N2O4/c1-3-17-9-11-18(12-10-17)16(2)24-22(26)15-29-20-7-4-6-19(14-20)25-23(27)21-8-5-13-28-21/h4-14,16H,3,15H2,1-2H3,(H,24,26)(H,25,27). The number of rotatable bonds is 8. The Balaban J connectivity index is 1.51. The Kier molecular flexibility index (Phi) is 6.68. The number of benzene rings is 2. The second kappa shape index (κ2) is 9.59. The number of ether oxygens (including phenoxy) is 1. The molecule has 1 aromatic heterocycles. The molecular weight excluding hydrogens is 368 g/mol. The summed E-state index contributed by atoms with van der Waals surface area (Å²) in [6.07, 6.45) is 2.42. The molecule has 0 spiro atoms. The first-order chi connectivity index (χ1) is 14.0. The normalized spacial score (nSPS) is 11.5. The van der Waals surface area contributed by atoms with Crippen LogP contribution in [0.1, 0.15) is 41.6 Å². The first-order valence-corrected chi connectivity index (χ1v) is 9.51. The second-order valence-corrected chi connectivity index (χ2v) is 6.63. The van der Waals surface area contributed by atoms with Crippen molar-refractivity contribution in [3.05, 3.63) is 83.8 Å². The van der Waals surface area contributed by atoms with E-state index in [1.165, 1.54) is 11.8 Å². The minimum Gasteiger partial charge on any atom is -0.484 e. The van der Waals surface area contributed by atoms with Crippen molar-refractivity contribution in [1.29, 1.82) is 0 Å². The van der Waals surface area contributed by atoms with E-state index in [9.17, 15) is 9.59 Å². The molecule has 0 aliphatic heterocycles. The third-order valence-electron chi connectivity index (χ3n) is 4.47. The van der Waals surface area contributed by atoms with Gasteiger partial charge in [0.05, 0.1) is 12.3 Å². The van der Waals surface area contributed by atoms with Crippen LogP contribution in [0.5, 0.6) is 5.75 Å². The van der Waals surface area contributed by atoms with E-state index < -0.39 is 0 Å². The fourth-order valence-electron chi connectivity index (χ4n) is 2.82. The van der Waals surface area contributed by atoms with Gasteiger partial charge in [-0.05, 0) is 48.7 Å². The molecule has 2 amide bonds. The van der Waals surface area contributed by atoms with Gasteiger partial charge >= 0.3 is 0 Å². The second-order valence-electron chi connectivity index (χ2n) is 6.63. The molecule has 0 aliphatic rings. The Hall–Kier alpha value is -3.54. The van der Waals surface area contributed by atoms with E-state index in [0.29, 0.717) is 11.4 Å². The minimum atomic E-state index is -0.354. The number of hydrogen-bond donors (Lipinski definition) is 2. The van der Waals surface area contributed by atoms with Gasteiger partial charge in [0.15, 0.2) is 12.4 Å². The number of carbonyl (C=O) groups is 2. The topological polar surface area (TPSA) is 80.6 Å². The van der Waals surface area contributed by atoms with Gasteiger partial charge in [0.1, 0.15) is 5.75 Å². The number of furan rings is 1. The van der Waals surface area contributed by atoms with E-state index >= 15 is 0 Å². The van der Waals surface area contributed by atoms with Gasteiger partial charge < -0.3 is 19.8 Å². The molecule has 3 rings (SSSR count). The lowest BCUT2D eigenvalue weighted by Crippen LogP contribution is -2.31. The lowest BCUT2D eigenvalue weighted by molar-refractivity contribution is -0.123. The zero-order chi connectivity index (χ0) is 20.6. The van der Waals surface area contributed by atoms with E-state index in [-0.39, 0.29) is 30.2 Å². The van der Waals surface area contributed by atoms with Crippen LogP contribution >= 0.6 is 0 Å². The lowest BCUT2D eigenvalue weighted by Gasteiger charge is -2.15. The zero-order valence-corrected chi connectivity index (χ0v) is 16.5. The lowest BCUT2D eigenvalue weighted by atomic mass is 10.1. The highest BCUT2D eigenvalue weighted by molar-refractivity contribution is 6.02. The first kappa shape index (κ1) is 20.2. The molecule has 0 bridgehead atoms. The molecule has 0 saturated heterocycles. The summed E-state index contributed by atoms with van der Waals surface area (Å²) in [7, 11) is 0. The average molecular weight is 392 g/mol. The molecule has 0 radical (unpaired) electrons. The molecule has 0 fully saturated rings. The summed E-state index contributed by atoms with van der Waals surface area (Å²) in [6.45, 7) is 3.92. The van der Waals surface area contributed by atoms with Crippen molar-refractivity contribution in [2.24, 2.45) is 0 Å². The smallest absolute Gasteiger partial charge is 0.291 e. The maximum atomic E-state index is 12.2. The fourth-order valence-corrected chi connectivity index (χ4v) is 2.82. The first-order valence-electron chi connectivity index (χ1n) is 9.51. The molecule has 6 nitrogen and oxygen atoms in total. The van der Waals surface area contributed by atoms with E-state index in [1.807, 2.05) is 19.1 Å². The summed E-state index contributed by atoms with van der Waals surface area (Å²) in [5.74, 6) is 0.129. The zero-order valence-electron chi connectivity index (χ0n) is 16.5. The summed E-state index contributed by atoms with van der Waals surface area (Å²) in [5, 5.41) is 5.65. The number of amides is 2. The molecule has 2 N–H and O–H groups in total. The van der Waals surface area contributed by atoms with Crippen molar-refractivity contribution in [3.8, 4) is 5.75 Å². The summed E-state index contributed by atoms with van der Waals surface area (Å²) >= 11 is 0. The molecule has 2 aromatic carbocycles. The van der Waals surface area contributed by atoms with Crippen molar-refractivity contribution in [3.63, 3.8) is 0 Å². The number of hydrogen-bond acceptors (Lipinski definition) is 4. The van der Waals surface area contributed by atoms with Crippen LogP contribution in [0, 0.1) is 0 Å². The minimum absolute atomic E-state index is 0.115. The quantitative estimate of drug-likeness (QED) is 0.597. The molecule has 1 unspecified atom stereocenters. The maximum absolute atomic E-state index is 12.2. The van der Waals surface area contributed by atoms with Crippen LogP contribution in [0.3, 0.4) is 0 Å². The van der Waals surface area contributed by atoms with Crippen LogP contribution < -0.4 is 15.4 Å². The van der Waals surface area contributed by atoms with Crippen LogP contribution in [-0.4, -0.2) is 18.4 Å². The summed E-state index contributed by atoms with van der Waals surface area (Å²) in [6, 6.07) is 18.1. The van der Waals surface area contributed by atoms with Gasteiger partial charge in [-0.3, -0.25) is 9.59 Å². The SMILES string of the molecule is CCc1ccc(C(C)NC(=O)COc2cccc(NC(=O)c3ccco3)c2)cc1. The van der Waals surface area contributed by atoms with Crippen LogP contribution in [0.25, 0.3) is 0 Å². The Morgan fingerprint density at radius 2 is 1.86 bits per heavy atom. The number of carbonyl (C=O) groups excluding carboxylic acids is 2. The number of aryl methyl sites for hydroxylation is 1. The Morgan fingerprint density at radius 1 is 1.07 bits per heavy atom. The van der Waals surface area contributed by atoms with Gasteiger partial charge in [-0.25, -0.2) is 0 Å². The Bertz CT molecular complexity index is 949. The van der Waals surface area contributed by atoms with Crippen LogP contribution in [0.4, 0.5) is 5.69 Å². The highest BCUT2D eigenvalue weighted by atomic mass is 16.5. The molecule has 0 aliphatic carbocycles. The highest BCUT2D eigenvalue weighted by Gasteiger charge is 2.12. The summed E-state index contributed by atoms with van der Waals surface area (Å²) < 4.78 is 10.6. The predicted octanol–water partition coefficient (Wildman–Crippen LogP) is 4.35. The van der Waals surface area contributed by atoms with Crippen LogP contribution in [0.15, 0.2) is 71.3 Å². The van der Waals surface area contributed by atoms with E-state index in [2.05, 4.69) is 29.7 Å². The molecule has 3 aromatic rings. The van der Waals surface area contributed by atoms with Gasteiger partial charge in [-0.2, -0.15) is 0 Å². The molecule has 1 atom stereocenters. The van der Waals surface area contributed by atoms with E-state index in [1.54, 1.807) is 36.4 Å². The maximum Gasteiger partial charge on any atom is 0.291 e. The van der Waals surface area contributed by atoms with Crippen molar-refractivity contribution >= 4 is 17.5 Å². The van der Waals surface area contributed by atoms with Crippen molar-refractivity contribution in [2.45, 2.75) is 26.3 Å². The van der Waals surface area contributed by atoms with Gasteiger partial charge in [-0.15, -0.1) is 0 Å². The van der Waals surface area contributed by atoms with Gasteiger partial charge in [-0.1, -0.05) is 37.3 Å². The highest BCUT2D eigenvalue weighted by Crippen LogP contribution is 2.19. The molecular formula is C23H24N2O4. The summed E-state index contributed by atoms with van der Waals surface area (Å²) in [5.41, 5.74) is 2.85. The van der Waals surface area contributed by atoms with Crippen molar-refractivity contribution in [2.75, 3.05) is 11.9 Å². The third kappa shape index (κ3) is 5.72. The van der Waals surface area contributed by atoms with Crippen LogP contribution in [0.2, 0.25) is 0 Å². The summed E-state index contributed by atoms with van der Waals surface area (Å²) in [4.78, 5) is 24.3. The van der Waals surface area contributed by atoms with Crippen LogP contribution in [-0.2, 0) is 11.2 Å². The largest absolute Gasteiger partial charge is 0.484 e. The van der Waals surface area contributed by atoms with E-state index in [0.717, 1.165) is 12.0 Å². The van der Waals surface area contributed by atoms with Gasteiger partial charge in [0.25, 0.3) is 11.8 Å². The molecule has 150 valence electrons. The molecule has 0 saturated carbocycles. The fraction of sp³-hybridized carbons (Fsp3) is 0.217. The third-order valence-corrected chi connectivity index (χ3v) is 4.47. The van der Waals surface area contributed by atoms with Gasteiger partial charge in [0.2, 0.25) is 0 Å².